The fourth-order valence-corrected chi connectivity index (χ4v) is 5.28. The van der Waals surface area contributed by atoms with Crippen molar-refractivity contribution in [3.8, 4) is 0 Å². The number of halogens is 1. The maximum atomic E-state index is 13.8. The first kappa shape index (κ1) is 27.3. The molecule has 5 rings (SSSR count). The van der Waals surface area contributed by atoms with Gasteiger partial charge in [-0.25, -0.2) is 0 Å². The van der Waals surface area contributed by atoms with E-state index in [1.807, 2.05) is 35.2 Å². The summed E-state index contributed by atoms with van der Waals surface area (Å²) in [6, 6.07) is 21.3. The lowest BCUT2D eigenvalue weighted by Crippen LogP contribution is -2.50. The van der Waals surface area contributed by atoms with Crippen LogP contribution >= 0.6 is 11.6 Å². The summed E-state index contributed by atoms with van der Waals surface area (Å²) in [5.41, 5.74) is 1.81. The Morgan fingerprint density at radius 1 is 1.03 bits per heavy atom. The summed E-state index contributed by atoms with van der Waals surface area (Å²) in [6.07, 6.45) is 4.72. The maximum Gasteiger partial charge on any atom is 0.244 e. The van der Waals surface area contributed by atoms with Crippen molar-refractivity contribution in [1.82, 2.24) is 15.5 Å². The molecule has 8 heteroatoms. The molecule has 0 unspecified atom stereocenters. The second-order valence-electron chi connectivity index (χ2n) is 10.1. The molecule has 3 aromatic rings. The highest BCUT2D eigenvalue weighted by Gasteiger charge is 2.32. The molecule has 0 spiro atoms. The summed E-state index contributed by atoms with van der Waals surface area (Å²) >= 11 is 5.94. The largest absolute Gasteiger partial charge is 0.379 e. The molecule has 0 aliphatic carbocycles. The van der Waals surface area contributed by atoms with Gasteiger partial charge >= 0.3 is 0 Å². The third-order valence-electron chi connectivity index (χ3n) is 7.40. The van der Waals surface area contributed by atoms with E-state index in [2.05, 4.69) is 39.8 Å². The SMILES string of the molecule is O=C(/C=C/c1ccc(Cl)cc1)NC[C@H]1CCN(c2ccc3ccccc3c2)C(=O)[C@@H](CCN2CCOCC2)N1. The molecule has 2 atom stereocenters. The molecule has 2 aliphatic heterocycles. The summed E-state index contributed by atoms with van der Waals surface area (Å²) in [5, 5.41) is 9.51. The third-order valence-corrected chi connectivity index (χ3v) is 7.66. The first-order valence-corrected chi connectivity index (χ1v) is 14.0. The molecule has 0 bridgehead atoms. The predicted molar refractivity (Wildman–Crippen MR) is 157 cm³/mol. The van der Waals surface area contributed by atoms with Crippen molar-refractivity contribution in [2.24, 2.45) is 0 Å². The molecule has 0 radical (unpaired) electrons. The number of fused-ring (bicyclic) bond motifs is 1. The minimum absolute atomic E-state index is 0.0259. The van der Waals surface area contributed by atoms with Crippen molar-refractivity contribution in [3.05, 3.63) is 83.4 Å². The Morgan fingerprint density at radius 3 is 2.59 bits per heavy atom. The minimum atomic E-state index is -0.340. The third kappa shape index (κ3) is 7.46. The van der Waals surface area contributed by atoms with E-state index in [4.69, 9.17) is 16.3 Å². The lowest BCUT2D eigenvalue weighted by atomic mass is 10.1. The van der Waals surface area contributed by atoms with E-state index in [1.54, 1.807) is 18.2 Å². The Hall–Kier alpha value is -3.23. The van der Waals surface area contributed by atoms with Gasteiger partial charge < -0.3 is 20.3 Å². The first-order valence-electron chi connectivity index (χ1n) is 13.6. The van der Waals surface area contributed by atoms with Gasteiger partial charge in [-0.05, 0) is 59.5 Å². The quantitative estimate of drug-likeness (QED) is 0.416. The van der Waals surface area contributed by atoms with Crippen LogP contribution in [0.15, 0.2) is 72.8 Å². The van der Waals surface area contributed by atoms with Gasteiger partial charge in [0.05, 0.1) is 19.3 Å². The number of rotatable bonds is 8. The average molecular weight is 547 g/mol. The van der Waals surface area contributed by atoms with Crippen molar-refractivity contribution in [2.75, 3.05) is 50.8 Å². The van der Waals surface area contributed by atoms with E-state index in [9.17, 15) is 9.59 Å². The molecular weight excluding hydrogens is 512 g/mol. The molecule has 2 fully saturated rings. The van der Waals surface area contributed by atoms with Crippen molar-refractivity contribution in [3.63, 3.8) is 0 Å². The van der Waals surface area contributed by atoms with Gasteiger partial charge in [-0.1, -0.05) is 54.1 Å². The van der Waals surface area contributed by atoms with E-state index in [0.717, 1.165) is 61.3 Å². The van der Waals surface area contributed by atoms with Crippen LogP contribution in [0.25, 0.3) is 16.8 Å². The number of morpholine rings is 1. The van der Waals surface area contributed by atoms with E-state index in [1.165, 1.54) is 6.08 Å². The highest BCUT2D eigenvalue weighted by molar-refractivity contribution is 6.30. The first-order chi connectivity index (χ1) is 19.0. The van der Waals surface area contributed by atoms with Crippen LogP contribution in [0.3, 0.4) is 0 Å². The van der Waals surface area contributed by atoms with Crippen LogP contribution in [0.5, 0.6) is 0 Å². The molecule has 2 aliphatic rings. The van der Waals surface area contributed by atoms with E-state index >= 15 is 0 Å². The monoisotopic (exact) mass is 546 g/mol. The predicted octanol–water partition coefficient (Wildman–Crippen LogP) is 4.11. The molecule has 39 heavy (non-hydrogen) atoms. The van der Waals surface area contributed by atoms with Crippen LogP contribution in [-0.2, 0) is 14.3 Å². The highest BCUT2D eigenvalue weighted by Crippen LogP contribution is 2.25. The number of carbonyl (C=O) groups excluding carboxylic acids is 2. The Bertz CT molecular complexity index is 1310. The Labute approximate surface area is 234 Å². The van der Waals surface area contributed by atoms with Gasteiger partial charge in [-0.3, -0.25) is 14.5 Å². The lowest BCUT2D eigenvalue weighted by Gasteiger charge is -2.30. The van der Waals surface area contributed by atoms with Crippen LogP contribution in [0.2, 0.25) is 5.02 Å². The summed E-state index contributed by atoms with van der Waals surface area (Å²) in [5.74, 6) is -0.0893. The molecule has 2 N–H and O–H groups in total. The number of hydrogen-bond donors (Lipinski definition) is 2. The van der Waals surface area contributed by atoms with Crippen molar-refractivity contribution in [2.45, 2.75) is 24.9 Å². The Morgan fingerprint density at radius 2 is 1.79 bits per heavy atom. The van der Waals surface area contributed by atoms with Crippen molar-refractivity contribution in [1.29, 1.82) is 0 Å². The minimum Gasteiger partial charge on any atom is -0.379 e. The zero-order chi connectivity index (χ0) is 27.0. The summed E-state index contributed by atoms with van der Waals surface area (Å²) in [4.78, 5) is 30.6. The standard InChI is InChI=1S/C31H35ClN4O3/c32-26-9-5-23(6-10-26)7-12-30(37)33-22-27-13-16-36(28-11-8-24-3-1-2-4-25(24)21-28)31(38)29(34-27)14-15-35-17-19-39-20-18-35/h1-12,21,27,29,34H,13-20,22H2,(H,33,37)/b12-7+/t27-,29-/m1/s1. The van der Waals surface area contributed by atoms with Crippen LogP contribution in [0.4, 0.5) is 5.69 Å². The van der Waals surface area contributed by atoms with E-state index in [0.29, 0.717) is 24.5 Å². The number of benzene rings is 3. The number of ether oxygens (including phenoxy) is 1. The zero-order valence-electron chi connectivity index (χ0n) is 22.0. The van der Waals surface area contributed by atoms with Crippen LogP contribution in [-0.4, -0.2) is 74.7 Å². The molecule has 0 aromatic heterocycles. The number of nitrogens with zero attached hydrogens (tertiary/aromatic N) is 2. The highest BCUT2D eigenvalue weighted by atomic mass is 35.5. The molecule has 0 saturated carbocycles. The summed E-state index contributed by atoms with van der Waals surface area (Å²) in [7, 11) is 0. The van der Waals surface area contributed by atoms with Gasteiger partial charge in [0.25, 0.3) is 0 Å². The zero-order valence-corrected chi connectivity index (χ0v) is 22.8. The second-order valence-corrected chi connectivity index (χ2v) is 10.5. The summed E-state index contributed by atoms with van der Waals surface area (Å²) < 4.78 is 5.48. The molecular formula is C31H35ClN4O3. The molecule has 7 nitrogen and oxygen atoms in total. The van der Waals surface area contributed by atoms with Crippen molar-refractivity contribution >= 4 is 46.0 Å². The van der Waals surface area contributed by atoms with Crippen LogP contribution in [0.1, 0.15) is 18.4 Å². The van der Waals surface area contributed by atoms with Crippen LogP contribution < -0.4 is 15.5 Å². The molecule has 2 heterocycles. The Kier molecular flexibility index (Phi) is 9.27. The number of nitrogens with one attached hydrogen (secondary N) is 2. The van der Waals surface area contributed by atoms with Gasteiger partial charge in [0.2, 0.25) is 11.8 Å². The van der Waals surface area contributed by atoms with Gasteiger partial charge in [-0.2, -0.15) is 0 Å². The smallest absolute Gasteiger partial charge is 0.244 e. The normalized spacial score (nSPS) is 20.8. The second kappa shape index (κ2) is 13.2. The molecule has 2 saturated heterocycles. The topological polar surface area (TPSA) is 73.9 Å². The molecule has 2 amide bonds. The maximum absolute atomic E-state index is 13.8. The van der Waals surface area contributed by atoms with Crippen molar-refractivity contribution < 1.29 is 14.3 Å². The molecule has 204 valence electrons. The fraction of sp³-hybridized carbons (Fsp3) is 0.355. The van der Waals surface area contributed by atoms with Crippen LogP contribution in [0, 0.1) is 0 Å². The molecule has 3 aromatic carbocycles. The number of amides is 2. The van der Waals surface area contributed by atoms with Gasteiger partial charge in [0, 0.05) is 55.6 Å². The number of anilines is 1. The Balaban J connectivity index is 1.27. The van der Waals surface area contributed by atoms with E-state index in [-0.39, 0.29) is 23.9 Å². The van der Waals surface area contributed by atoms with E-state index < -0.39 is 0 Å². The lowest BCUT2D eigenvalue weighted by molar-refractivity contribution is -0.120. The number of carbonyl (C=O) groups is 2. The number of hydrogen-bond acceptors (Lipinski definition) is 5. The fourth-order valence-electron chi connectivity index (χ4n) is 5.16. The average Bonchev–Trinajstić information content (AvgIpc) is 3.13. The van der Waals surface area contributed by atoms with Gasteiger partial charge in [0.1, 0.15) is 0 Å². The summed E-state index contributed by atoms with van der Waals surface area (Å²) in [6.45, 7) is 5.07. The van der Waals surface area contributed by atoms with Gasteiger partial charge in [0.15, 0.2) is 0 Å². The van der Waals surface area contributed by atoms with Gasteiger partial charge in [-0.15, -0.1) is 0 Å².